The largest absolute Gasteiger partial charge is 0.394 e. The lowest BCUT2D eigenvalue weighted by Gasteiger charge is -2.11. The number of sulfonamides is 1. The molecule has 21 heavy (non-hydrogen) atoms. The molecule has 2 aromatic rings. The molecule has 2 aromatic carbocycles. The number of benzene rings is 2. The predicted molar refractivity (Wildman–Crippen MR) is 78.0 cm³/mol. The fraction of sp³-hybridized carbons (Fsp3) is 0. The zero-order valence-electron chi connectivity index (χ0n) is 10.2. The minimum Gasteiger partial charge on any atom is -0.394 e. The lowest BCUT2D eigenvalue weighted by Crippen LogP contribution is -2.16. The quantitative estimate of drug-likeness (QED) is 0.828. The van der Waals surface area contributed by atoms with Crippen molar-refractivity contribution in [3.63, 3.8) is 0 Å². The Hall–Kier alpha value is -1.57. The van der Waals surface area contributed by atoms with Gasteiger partial charge in [-0.15, -0.1) is 0 Å². The van der Waals surface area contributed by atoms with Crippen LogP contribution < -0.4 is 10.5 Å². The van der Waals surface area contributed by atoms with E-state index >= 15 is 0 Å². The Labute approximate surface area is 129 Å². The molecule has 0 radical (unpaired) electrons. The normalized spacial score (nSPS) is 11.4. The van der Waals surface area contributed by atoms with Crippen LogP contribution in [0.1, 0.15) is 0 Å². The third-order valence-corrected chi connectivity index (χ3v) is 4.50. The van der Waals surface area contributed by atoms with Crippen molar-refractivity contribution in [1.82, 2.24) is 0 Å². The Morgan fingerprint density at radius 3 is 2.43 bits per heavy atom. The second-order valence-corrected chi connectivity index (χ2v) is 6.50. The van der Waals surface area contributed by atoms with Crippen molar-refractivity contribution in [1.29, 1.82) is 0 Å². The first-order chi connectivity index (χ1) is 9.72. The van der Waals surface area contributed by atoms with Gasteiger partial charge >= 0.3 is 0 Å². The molecular formula is C12H8Cl2F2N2O2S. The molecule has 0 saturated heterocycles. The minimum atomic E-state index is -4.34. The van der Waals surface area contributed by atoms with Crippen LogP contribution in [0.3, 0.4) is 0 Å². The number of hydrogen-bond acceptors (Lipinski definition) is 3. The second kappa shape index (κ2) is 5.67. The highest BCUT2D eigenvalue weighted by Crippen LogP contribution is 2.29. The van der Waals surface area contributed by atoms with E-state index in [2.05, 4.69) is 4.72 Å². The fourth-order valence-corrected chi connectivity index (χ4v) is 3.09. The van der Waals surface area contributed by atoms with E-state index in [0.717, 1.165) is 12.1 Å². The molecule has 0 unspecified atom stereocenters. The van der Waals surface area contributed by atoms with E-state index in [1.807, 2.05) is 0 Å². The second-order valence-electron chi connectivity index (χ2n) is 4.00. The molecular weight excluding hydrogens is 345 g/mol. The first-order valence-electron chi connectivity index (χ1n) is 5.43. The van der Waals surface area contributed by atoms with E-state index in [1.54, 1.807) is 0 Å². The van der Waals surface area contributed by atoms with Gasteiger partial charge in [0.05, 0.1) is 10.7 Å². The maximum Gasteiger partial charge on any atom is 0.264 e. The van der Waals surface area contributed by atoms with Gasteiger partial charge in [-0.25, -0.2) is 17.2 Å². The SMILES string of the molecule is Nc1c(F)ccc(S(=O)(=O)Nc2cc(Cl)ccc2Cl)c1F. The molecule has 0 saturated carbocycles. The van der Waals surface area contributed by atoms with Gasteiger partial charge in [-0.2, -0.15) is 0 Å². The summed E-state index contributed by atoms with van der Waals surface area (Å²) < 4.78 is 53.2. The van der Waals surface area contributed by atoms with Gasteiger partial charge in [0.1, 0.15) is 16.4 Å². The van der Waals surface area contributed by atoms with Gasteiger partial charge in [0, 0.05) is 5.02 Å². The minimum absolute atomic E-state index is 0.0357. The maximum atomic E-state index is 13.8. The molecule has 0 bridgehead atoms. The van der Waals surface area contributed by atoms with Crippen LogP contribution in [0.25, 0.3) is 0 Å². The van der Waals surface area contributed by atoms with Crippen molar-refractivity contribution in [3.8, 4) is 0 Å². The summed E-state index contributed by atoms with van der Waals surface area (Å²) in [5.41, 5.74) is 4.22. The Bertz CT molecular complexity index is 813. The number of rotatable bonds is 3. The summed E-state index contributed by atoms with van der Waals surface area (Å²) >= 11 is 11.6. The maximum absolute atomic E-state index is 13.8. The van der Waals surface area contributed by atoms with Crippen molar-refractivity contribution in [2.24, 2.45) is 0 Å². The Morgan fingerprint density at radius 1 is 1.10 bits per heavy atom. The van der Waals surface area contributed by atoms with Gasteiger partial charge in [-0.3, -0.25) is 4.72 Å². The molecule has 0 aliphatic carbocycles. The highest BCUT2D eigenvalue weighted by molar-refractivity contribution is 7.92. The van der Waals surface area contributed by atoms with Crippen LogP contribution in [0.5, 0.6) is 0 Å². The third kappa shape index (κ3) is 3.20. The van der Waals surface area contributed by atoms with Crippen molar-refractivity contribution in [2.75, 3.05) is 10.5 Å². The summed E-state index contributed by atoms with van der Waals surface area (Å²) in [5, 5.41) is 0.301. The van der Waals surface area contributed by atoms with E-state index in [4.69, 9.17) is 28.9 Å². The van der Waals surface area contributed by atoms with E-state index in [1.165, 1.54) is 18.2 Å². The van der Waals surface area contributed by atoms with Crippen LogP contribution in [0.15, 0.2) is 35.2 Å². The van der Waals surface area contributed by atoms with Crippen LogP contribution in [0.2, 0.25) is 10.0 Å². The molecule has 3 N–H and O–H groups in total. The van der Waals surface area contributed by atoms with Crippen LogP contribution in [0, 0.1) is 11.6 Å². The zero-order valence-corrected chi connectivity index (χ0v) is 12.5. The van der Waals surface area contributed by atoms with Crippen LogP contribution in [-0.4, -0.2) is 8.42 Å². The smallest absolute Gasteiger partial charge is 0.264 e. The van der Waals surface area contributed by atoms with Crippen molar-refractivity contribution < 1.29 is 17.2 Å². The fourth-order valence-electron chi connectivity index (χ4n) is 1.53. The number of nitrogens with two attached hydrogens (primary N) is 1. The van der Waals surface area contributed by atoms with Gasteiger partial charge in [0.25, 0.3) is 10.0 Å². The lowest BCUT2D eigenvalue weighted by atomic mass is 10.3. The molecule has 0 fully saturated rings. The molecule has 0 atom stereocenters. The molecule has 112 valence electrons. The summed E-state index contributed by atoms with van der Waals surface area (Å²) in [6, 6.07) is 5.61. The number of nitrogen functional groups attached to an aromatic ring is 1. The standard InChI is InChI=1S/C12H8Cl2F2N2O2S/c13-6-1-2-7(14)9(5-6)18-21(19,20)10-4-3-8(15)12(17)11(10)16/h1-5,18H,17H2. The topological polar surface area (TPSA) is 72.2 Å². The molecule has 0 heterocycles. The van der Waals surface area contributed by atoms with Gasteiger partial charge in [0.15, 0.2) is 5.82 Å². The molecule has 0 amide bonds. The Morgan fingerprint density at radius 2 is 1.76 bits per heavy atom. The molecule has 0 aliphatic heterocycles. The summed E-state index contributed by atoms with van der Waals surface area (Å²) in [6.45, 7) is 0. The monoisotopic (exact) mass is 352 g/mol. The highest BCUT2D eigenvalue weighted by atomic mass is 35.5. The zero-order chi connectivity index (χ0) is 15.8. The summed E-state index contributed by atoms with van der Waals surface area (Å²) in [7, 11) is -4.34. The predicted octanol–water partition coefficient (Wildman–Crippen LogP) is 3.65. The number of hydrogen-bond donors (Lipinski definition) is 2. The molecule has 0 aromatic heterocycles. The average Bonchev–Trinajstić information content (AvgIpc) is 2.39. The molecule has 4 nitrogen and oxygen atoms in total. The molecule has 0 aliphatic rings. The van der Waals surface area contributed by atoms with Gasteiger partial charge in [-0.05, 0) is 30.3 Å². The van der Waals surface area contributed by atoms with Gasteiger partial charge in [0.2, 0.25) is 0 Å². The molecule has 2 rings (SSSR count). The number of nitrogens with one attached hydrogen (secondary N) is 1. The summed E-state index contributed by atoms with van der Waals surface area (Å²) in [6.07, 6.45) is 0. The van der Waals surface area contributed by atoms with E-state index in [9.17, 15) is 17.2 Å². The highest BCUT2D eigenvalue weighted by Gasteiger charge is 2.23. The van der Waals surface area contributed by atoms with Crippen molar-refractivity contribution in [3.05, 3.63) is 52.0 Å². The van der Waals surface area contributed by atoms with Gasteiger partial charge < -0.3 is 5.73 Å². The average molecular weight is 353 g/mol. The van der Waals surface area contributed by atoms with Crippen LogP contribution in [0.4, 0.5) is 20.2 Å². The van der Waals surface area contributed by atoms with E-state index < -0.39 is 32.2 Å². The van der Waals surface area contributed by atoms with Gasteiger partial charge in [-0.1, -0.05) is 23.2 Å². The third-order valence-electron chi connectivity index (χ3n) is 2.55. The Kier molecular flexibility index (Phi) is 4.27. The summed E-state index contributed by atoms with van der Waals surface area (Å²) in [4.78, 5) is -0.794. The van der Waals surface area contributed by atoms with Crippen LogP contribution in [-0.2, 0) is 10.0 Å². The molecule has 0 spiro atoms. The Balaban J connectivity index is 2.49. The van der Waals surface area contributed by atoms with Crippen molar-refractivity contribution >= 4 is 44.6 Å². The summed E-state index contributed by atoms with van der Waals surface area (Å²) in [5.74, 6) is -2.42. The number of anilines is 2. The first-order valence-corrected chi connectivity index (χ1v) is 7.67. The lowest BCUT2D eigenvalue weighted by molar-refractivity contribution is 0.557. The molecule has 9 heteroatoms. The number of halogens is 4. The first kappa shape index (κ1) is 15.8. The van der Waals surface area contributed by atoms with Crippen LogP contribution >= 0.6 is 23.2 Å². The van der Waals surface area contributed by atoms with Crippen molar-refractivity contribution in [2.45, 2.75) is 4.90 Å². The van der Waals surface area contributed by atoms with E-state index in [0.29, 0.717) is 0 Å². The van der Waals surface area contributed by atoms with E-state index in [-0.39, 0.29) is 15.7 Å².